The largest absolute Gasteiger partial charge is 0.548 e. The van der Waals surface area contributed by atoms with Gasteiger partial charge in [0.15, 0.2) is 0 Å². The van der Waals surface area contributed by atoms with Crippen molar-refractivity contribution in [1.29, 1.82) is 0 Å². The monoisotopic (exact) mass is 306 g/mol. The van der Waals surface area contributed by atoms with Crippen molar-refractivity contribution in [2.75, 3.05) is 12.0 Å². The molecule has 0 heterocycles. The minimum absolute atomic E-state index is 0.115. The number of carboxylic acids is 1. The summed E-state index contributed by atoms with van der Waals surface area (Å²) in [6.07, 6.45) is 1.89. The van der Waals surface area contributed by atoms with Crippen LogP contribution in [0.1, 0.15) is 6.42 Å². The maximum atomic E-state index is 12.7. The molecule has 0 saturated carbocycles. The van der Waals surface area contributed by atoms with Gasteiger partial charge in [0.1, 0.15) is 5.82 Å². The minimum atomic E-state index is -4.00. The molecule has 0 saturated heterocycles. The highest BCUT2D eigenvalue weighted by Gasteiger charge is 2.20. The molecular formula is C11H13FNO4S2-. The second kappa shape index (κ2) is 6.88. The fourth-order valence-electron chi connectivity index (χ4n) is 1.33. The highest BCUT2D eigenvalue weighted by Crippen LogP contribution is 2.11. The van der Waals surface area contributed by atoms with Gasteiger partial charge < -0.3 is 9.90 Å². The van der Waals surface area contributed by atoms with Gasteiger partial charge in [0.25, 0.3) is 0 Å². The van der Waals surface area contributed by atoms with Crippen LogP contribution >= 0.6 is 11.8 Å². The number of thioether (sulfide) groups is 1. The molecule has 0 aliphatic heterocycles. The van der Waals surface area contributed by atoms with Crippen molar-refractivity contribution in [1.82, 2.24) is 4.72 Å². The van der Waals surface area contributed by atoms with E-state index in [-0.39, 0.29) is 11.3 Å². The molecule has 1 aromatic rings. The number of carbonyl (C=O) groups is 1. The number of carboxylic acid groups (broad SMARTS) is 1. The first kappa shape index (κ1) is 15.9. The number of halogens is 1. The lowest BCUT2D eigenvalue weighted by molar-refractivity contribution is -0.308. The smallest absolute Gasteiger partial charge is 0.241 e. The molecule has 5 nitrogen and oxygen atoms in total. The van der Waals surface area contributed by atoms with Gasteiger partial charge in [-0.15, -0.1) is 0 Å². The van der Waals surface area contributed by atoms with E-state index >= 15 is 0 Å². The summed E-state index contributed by atoms with van der Waals surface area (Å²) in [6.45, 7) is 0. The van der Waals surface area contributed by atoms with E-state index in [2.05, 4.69) is 0 Å². The van der Waals surface area contributed by atoms with Crippen LogP contribution in [0.25, 0.3) is 0 Å². The molecule has 1 N–H and O–H groups in total. The number of hydrogen-bond acceptors (Lipinski definition) is 5. The summed E-state index contributed by atoms with van der Waals surface area (Å²) in [5.41, 5.74) is 0. The van der Waals surface area contributed by atoms with Crippen LogP contribution in [-0.2, 0) is 14.8 Å². The summed E-state index contributed by atoms with van der Waals surface area (Å²) in [6, 6.07) is 2.81. The zero-order valence-corrected chi connectivity index (χ0v) is 11.8. The van der Waals surface area contributed by atoms with Crippen LogP contribution in [0.15, 0.2) is 29.2 Å². The molecule has 1 atom stereocenters. The number of benzene rings is 1. The van der Waals surface area contributed by atoms with E-state index in [0.29, 0.717) is 5.75 Å². The molecule has 0 aliphatic carbocycles. The Morgan fingerprint density at radius 1 is 1.42 bits per heavy atom. The van der Waals surface area contributed by atoms with E-state index < -0.39 is 27.9 Å². The SMILES string of the molecule is CSCC[C@@H](NS(=O)(=O)c1ccc(F)cc1)C(=O)[O-]. The van der Waals surface area contributed by atoms with Crippen molar-refractivity contribution >= 4 is 27.8 Å². The summed E-state index contributed by atoms with van der Waals surface area (Å²) >= 11 is 1.40. The Labute approximate surface area is 115 Å². The molecule has 1 aromatic carbocycles. The zero-order chi connectivity index (χ0) is 14.5. The summed E-state index contributed by atoms with van der Waals surface area (Å²) in [7, 11) is -4.00. The molecule has 1 rings (SSSR count). The molecule has 0 fully saturated rings. The number of aliphatic carboxylic acids is 1. The molecule has 8 heteroatoms. The fourth-order valence-corrected chi connectivity index (χ4v) is 3.02. The first-order chi connectivity index (χ1) is 8.86. The van der Waals surface area contributed by atoms with Crippen LogP contribution in [0, 0.1) is 5.82 Å². The summed E-state index contributed by atoms with van der Waals surface area (Å²) in [5.74, 6) is -1.58. The lowest BCUT2D eigenvalue weighted by atomic mass is 10.2. The third-order valence-electron chi connectivity index (χ3n) is 2.32. The Bertz CT molecular complexity index is 530. The zero-order valence-electron chi connectivity index (χ0n) is 10.1. The van der Waals surface area contributed by atoms with Crippen LogP contribution < -0.4 is 9.83 Å². The third kappa shape index (κ3) is 4.81. The maximum Gasteiger partial charge on any atom is 0.241 e. The molecule has 0 amide bonds. The summed E-state index contributed by atoms with van der Waals surface area (Å²) < 4.78 is 38.5. The number of sulfonamides is 1. The lowest BCUT2D eigenvalue weighted by Crippen LogP contribution is -2.48. The van der Waals surface area contributed by atoms with Gasteiger partial charge in [0.2, 0.25) is 10.0 Å². The maximum absolute atomic E-state index is 12.7. The van der Waals surface area contributed by atoms with Gasteiger partial charge in [-0.25, -0.2) is 17.5 Å². The molecule has 19 heavy (non-hydrogen) atoms. The lowest BCUT2D eigenvalue weighted by Gasteiger charge is -2.19. The Kier molecular flexibility index (Phi) is 5.77. The third-order valence-corrected chi connectivity index (χ3v) is 4.45. The van der Waals surface area contributed by atoms with Gasteiger partial charge in [0, 0.05) is 0 Å². The molecule has 0 radical (unpaired) electrons. The average Bonchev–Trinajstić information content (AvgIpc) is 2.34. The van der Waals surface area contributed by atoms with Gasteiger partial charge in [0.05, 0.1) is 16.9 Å². The van der Waals surface area contributed by atoms with Gasteiger partial charge >= 0.3 is 0 Å². The van der Waals surface area contributed by atoms with Crippen molar-refractivity contribution in [3.8, 4) is 0 Å². The number of hydrogen-bond donors (Lipinski definition) is 1. The van der Waals surface area contributed by atoms with Crippen molar-refractivity contribution < 1.29 is 22.7 Å². The van der Waals surface area contributed by atoms with E-state index in [9.17, 15) is 22.7 Å². The van der Waals surface area contributed by atoms with Crippen molar-refractivity contribution in [2.24, 2.45) is 0 Å². The Hall–Kier alpha value is -1.12. The molecule has 0 aromatic heterocycles. The van der Waals surface area contributed by atoms with Crippen LogP contribution in [0.3, 0.4) is 0 Å². The number of rotatable bonds is 7. The number of carbonyl (C=O) groups excluding carboxylic acids is 1. The van der Waals surface area contributed by atoms with E-state index in [1.807, 2.05) is 4.72 Å². The second-order valence-electron chi connectivity index (χ2n) is 3.73. The predicted octanol–water partition coefficient (Wildman–Crippen LogP) is -0.0244. The van der Waals surface area contributed by atoms with Crippen LogP contribution in [-0.4, -0.2) is 32.4 Å². The Balaban J connectivity index is 2.87. The normalized spacial score (nSPS) is 13.2. The topological polar surface area (TPSA) is 86.3 Å². The van der Waals surface area contributed by atoms with Gasteiger partial charge in [-0.05, 0) is 42.7 Å². The van der Waals surface area contributed by atoms with Crippen LogP contribution in [0.2, 0.25) is 0 Å². The Morgan fingerprint density at radius 2 is 2.00 bits per heavy atom. The summed E-state index contributed by atoms with van der Waals surface area (Å²) in [5, 5.41) is 10.9. The molecule has 0 aliphatic rings. The van der Waals surface area contributed by atoms with Gasteiger partial charge in [-0.2, -0.15) is 11.8 Å². The second-order valence-corrected chi connectivity index (χ2v) is 6.43. The number of nitrogens with one attached hydrogen (secondary N) is 1. The quantitative estimate of drug-likeness (QED) is 0.765. The van der Waals surface area contributed by atoms with Crippen LogP contribution in [0.5, 0.6) is 0 Å². The van der Waals surface area contributed by atoms with E-state index in [1.54, 1.807) is 6.26 Å². The molecule has 106 valence electrons. The fraction of sp³-hybridized carbons (Fsp3) is 0.364. The Morgan fingerprint density at radius 3 is 2.47 bits per heavy atom. The molecular weight excluding hydrogens is 293 g/mol. The van der Waals surface area contributed by atoms with Crippen molar-refractivity contribution in [3.05, 3.63) is 30.1 Å². The van der Waals surface area contributed by atoms with Gasteiger partial charge in [-0.3, -0.25) is 0 Å². The first-order valence-corrected chi connectivity index (χ1v) is 8.22. The highest BCUT2D eigenvalue weighted by molar-refractivity contribution is 7.98. The minimum Gasteiger partial charge on any atom is -0.548 e. The predicted molar refractivity (Wildman–Crippen MR) is 68.5 cm³/mol. The summed E-state index contributed by atoms with van der Waals surface area (Å²) in [4.78, 5) is 10.7. The highest BCUT2D eigenvalue weighted by atomic mass is 32.2. The van der Waals surface area contributed by atoms with E-state index in [0.717, 1.165) is 24.3 Å². The van der Waals surface area contributed by atoms with Crippen molar-refractivity contribution in [3.63, 3.8) is 0 Å². The molecule has 0 unspecified atom stereocenters. The average molecular weight is 306 g/mol. The molecule has 0 bridgehead atoms. The van der Waals surface area contributed by atoms with E-state index in [1.165, 1.54) is 11.8 Å². The molecule has 0 spiro atoms. The van der Waals surface area contributed by atoms with Crippen molar-refractivity contribution in [2.45, 2.75) is 17.4 Å². The first-order valence-electron chi connectivity index (χ1n) is 5.34. The van der Waals surface area contributed by atoms with Crippen LogP contribution in [0.4, 0.5) is 4.39 Å². The standard InChI is InChI=1S/C11H14FNO4S2/c1-18-7-6-10(11(14)15)13-19(16,17)9-4-2-8(12)3-5-9/h2-5,10,13H,6-7H2,1H3,(H,14,15)/p-1/t10-/m1/s1. The van der Waals surface area contributed by atoms with E-state index in [4.69, 9.17) is 0 Å². The van der Waals surface area contributed by atoms with Gasteiger partial charge in [-0.1, -0.05) is 0 Å².